The summed E-state index contributed by atoms with van der Waals surface area (Å²) >= 11 is 3.40. The van der Waals surface area contributed by atoms with Gasteiger partial charge in [-0.3, -0.25) is 4.79 Å². The molecule has 0 spiro atoms. The Hall–Kier alpha value is -0.870. The van der Waals surface area contributed by atoms with Gasteiger partial charge in [0.2, 0.25) is 0 Å². The first kappa shape index (κ1) is 13.6. The molecule has 2 rings (SSSR count). The second-order valence-corrected chi connectivity index (χ2v) is 5.75. The van der Waals surface area contributed by atoms with E-state index < -0.39 is 0 Å². The number of hydrogen-bond acceptors (Lipinski definition) is 2. The highest BCUT2D eigenvalue weighted by Crippen LogP contribution is 2.21. The quantitative estimate of drug-likeness (QED) is 0.859. The number of carbonyl (C=O) groups is 1. The molecule has 1 saturated heterocycles. The van der Waals surface area contributed by atoms with E-state index in [1.165, 1.54) is 0 Å². The minimum atomic E-state index is -0.250. The van der Waals surface area contributed by atoms with Crippen LogP contribution in [0.1, 0.15) is 25.3 Å². The van der Waals surface area contributed by atoms with Crippen molar-refractivity contribution in [1.82, 2.24) is 4.90 Å². The molecule has 0 N–H and O–H groups in total. The van der Waals surface area contributed by atoms with E-state index in [2.05, 4.69) is 15.9 Å². The average Bonchev–Trinajstić information content (AvgIpc) is 2.78. The molecule has 0 bridgehead atoms. The molecule has 1 aromatic rings. The van der Waals surface area contributed by atoms with Crippen molar-refractivity contribution in [3.8, 4) is 0 Å². The van der Waals surface area contributed by atoms with Crippen molar-refractivity contribution in [2.24, 2.45) is 0 Å². The van der Waals surface area contributed by atoms with Crippen LogP contribution >= 0.6 is 15.9 Å². The second kappa shape index (κ2) is 5.85. The summed E-state index contributed by atoms with van der Waals surface area (Å²) in [7, 11) is 1.83. The fourth-order valence-electron chi connectivity index (χ4n) is 2.17. The Balaban J connectivity index is 1.93. The van der Waals surface area contributed by atoms with Crippen molar-refractivity contribution in [2.45, 2.75) is 38.5 Å². The molecule has 0 aromatic heterocycles. The van der Waals surface area contributed by atoms with Gasteiger partial charge in [0.15, 0.2) is 0 Å². The standard InChI is InChI=1S/C14H18BrNO2/c1-10-3-8-13(18-10)14(17)16(2)9-11-4-6-12(15)7-5-11/h4-7,10,13H,3,8-9H2,1-2H3. The van der Waals surface area contributed by atoms with Gasteiger partial charge < -0.3 is 9.64 Å². The minimum Gasteiger partial charge on any atom is -0.365 e. The summed E-state index contributed by atoms with van der Waals surface area (Å²) in [6.45, 7) is 2.64. The monoisotopic (exact) mass is 311 g/mol. The molecule has 1 amide bonds. The van der Waals surface area contributed by atoms with Gasteiger partial charge in [0, 0.05) is 18.1 Å². The molecule has 3 nitrogen and oxygen atoms in total. The first-order valence-electron chi connectivity index (χ1n) is 6.21. The Labute approximate surface area is 116 Å². The fraction of sp³-hybridized carbons (Fsp3) is 0.500. The van der Waals surface area contributed by atoms with Gasteiger partial charge >= 0.3 is 0 Å². The van der Waals surface area contributed by atoms with Gasteiger partial charge in [-0.15, -0.1) is 0 Å². The van der Waals surface area contributed by atoms with Crippen molar-refractivity contribution in [3.63, 3.8) is 0 Å². The number of ether oxygens (including phenoxy) is 1. The summed E-state index contributed by atoms with van der Waals surface area (Å²) in [5.74, 6) is 0.0854. The van der Waals surface area contributed by atoms with Gasteiger partial charge in [0.05, 0.1) is 6.10 Å². The van der Waals surface area contributed by atoms with Crippen molar-refractivity contribution in [2.75, 3.05) is 7.05 Å². The van der Waals surface area contributed by atoms with E-state index in [0.717, 1.165) is 22.9 Å². The summed E-state index contributed by atoms with van der Waals surface area (Å²) in [6.07, 6.45) is 1.77. The summed E-state index contributed by atoms with van der Waals surface area (Å²) in [5, 5.41) is 0. The second-order valence-electron chi connectivity index (χ2n) is 4.83. The van der Waals surface area contributed by atoms with Gasteiger partial charge in [-0.1, -0.05) is 28.1 Å². The Morgan fingerprint density at radius 3 is 2.61 bits per heavy atom. The van der Waals surface area contributed by atoms with E-state index in [1.54, 1.807) is 4.90 Å². The number of hydrogen-bond donors (Lipinski definition) is 0. The molecule has 1 heterocycles. The maximum Gasteiger partial charge on any atom is 0.251 e. The van der Waals surface area contributed by atoms with E-state index in [9.17, 15) is 4.79 Å². The van der Waals surface area contributed by atoms with Crippen molar-refractivity contribution in [1.29, 1.82) is 0 Å². The maximum absolute atomic E-state index is 12.2. The van der Waals surface area contributed by atoms with Crippen LogP contribution in [0.3, 0.4) is 0 Å². The highest BCUT2D eigenvalue weighted by atomic mass is 79.9. The van der Waals surface area contributed by atoms with Gasteiger partial charge in [0.1, 0.15) is 6.10 Å². The first-order chi connectivity index (χ1) is 8.56. The molecule has 1 aliphatic heterocycles. The molecule has 1 fully saturated rings. The molecule has 0 saturated carbocycles. The molecule has 1 aliphatic rings. The van der Waals surface area contributed by atoms with Gasteiger partial charge in [-0.05, 0) is 37.5 Å². The van der Waals surface area contributed by atoms with Crippen molar-refractivity contribution >= 4 is 21.8 Å². The van der Waals surface area contributed by atoms with Crippen LogP contribution in [0.4, 0.5) is 0 Å². The molecular weight excluding hydrogens is 294 g/mol. The third-order valence-corrected chi connectivity index (χ3v) is 3.75. The van der Waals surface area contributed by atoms with E-state index >= 15 is 0 Å². The van der Waals surface area contributed by atoms with Crippen LogP contribution in [0, 0.1) is 0 Å². The van der Waals surface area contributed by atoms with Crippen LogP contribution in [0.5, 0.6) is 0 Å². The van der Waals surface area contributed by atoms with E-state index in [-0.39, 0.29) is 18.1 Å². The highest BCUT2D eigenvalue weighted by molar-refractivity contribution is 9.10. The maximum atomic E-state index is 12.2. The van der Waals surface area contributed by atoms with Crippen LogP contribution in [0.25, 0.3) is 0 Å². The Kier molecular flexibility index (Phi) is 4.40. The highest BCUT2D eigenvalue weighted by Gasteiger charge is 2.30. The summed E-state index contributed by atoms with van der Waals surface area (Å²) < 4.78 is 6.65. The van der Waals surface area contributed by atoms with Crippen LogP contribution < -0.4 is 0 Å². The van der Waals surface area contributed by atoms with Crippen molar-refractivity contribution in [3.05, 3.63) is 34.3 Å². The minimum absolute atomic E-state index is 0.0854. The Morgan fingerprint density at radius 1 is 1.39 bits per heavy atom. The lowest BCUT2D eigenvalue weighted by Crippen LogP contribution is -2.35. The van der Waals surface area contributed by atoms with Crippen LogP contribution in [0.15, 0.2) is 28.7 Å². The topological polar surface area (TPSA) is 29.5 Å². The van der Waals surface area contributed by atoms with Crippen LogP contribution in [-0.4, -0.2) is 30.1 Å². The molecule has 1 aromatic carbocycles. The van der Waals surface area contributed by atoms with Crippen LogP contribution in [-0.2, 0) is 16.1 Å². The zero-order chi connectivity index (χ0) is 13.1. The smallest absolute Gasteiger partial charge is 0.251 e. The molecular formula is C14H18BrNO2. The molecule has 0 radical (unpaired) electrons. The number of amides is 1. The first-order valence-corrected chi connectivity index (χ1v) is 7.00. The lowest BCUT2D eigenvalue weighted by molar-refractivity contribution is -0.141. The lowest BCUT2D eigenvalue weighted by Gasteiger charge is -2.21. The SMILES string of the molecule is CC1CCC(C(=O)N(C)Cc2ccc(Br)cc2)O1. The van der Waals surface area contributed by atoms with E-state index in [1.807, 2.05) is 38.2 Å². The van der Waals surface area contributed by atoms with E-state index in [4.69, 9.17) is 4.74 Å². The summed E-state index contributed by atoms with van der Waals surface area (Å²) in [4.78, 5) is 13.9. The number of nitrogens with zero attached hydrogens (tertiary/aromatic N) is 1. The number of likely N-dealkylation sites (N-methyl/N-ethyl adjacent to an activating group) is 1. The number of rotatable bonds is 3. The van der Waals surface area contributed by atoms with Gasteiger partial charge in [0.25, 0.3) is 5.91 Å². The molecule has 2 unspecified atom stereocenters. The third kappa shape index (κ3) is 3.33. The van der Waals surface area contributed by atoms with Gasteiger partial charge in [-0.25, -0.2) is 0 Å². The molecule has 98 valence electrons. The van der Waals surface area contributed by atoms with Crippen LogP contribution in [0.2, 0.25) is 0 Å². The largest absolute Gasteiger partial charge is 0.365 e. The molecule has 0 aliphatic carbocycles. The van der Waals surface area contributed by atoms with Crippen molar-refractivity contribution < 1.29 is 9.53 Å². The summed E-state index contributed by atoms with van der Waals surface area (Å²) in [6, 6.07) is 8.02. The Bertz CT molecular complexity index is 418. The Morgan fingerprint density at radius 2 is 2.06 bits per heavy atom. The zero-order valence-electron chi connectivity index (χ0n) is 10.7. The normalized spacial score (nSPS) is 23.1. The molecule has 4 heteroatoms. The van der Waals surface area contributed by atoms with Gasteiger partial charge in [-0.2, -0.15) is 0 Å². The molecule has 18 heavy (non-hydrogen) atoms. The predicted molar refractivity (Wildman–Crippen MR) is 74.2 cm³/mol. The average molecular weight is 312 g/mol. The predicted octanol–water partition coefficient (Wildman–Crippen LogP) is 2.98. The zero-order valence-corrected chi connectivity index (χ0v) is 12.3. The third-order valence-electron chi connectivity index (χ3n) is 3.22. The fourth-order valence-corrected chi connectivity index (χ4v) is 2.44. The number of carbonyl (C=O) groups excluding carboxylic acids is 1. The van der Waals surface area contributed by atoms with E-state index in [0.29, 0.717) is 6.54 Å². The molecule has 2 atom stereocenters. The number of benzene rings is 1. The summed E-state index contributed by atoms with van der Waals surface area (Å²) in [5.41, 5.74) is 1.13. The lowest BCUT2D eigenvalue weighted by atomic mass is 10.1. The number of halogens is 1.